The minimum absolute atomic E-state index is 0.148. The monoisotopic (exact) mass is 278 g/mol. The van der Waals surface area contributed by atoms with Crippen LogP contribution < -0.4 is 4.74 Å². The second-order valence-corrected chi connectivity index (χ2v) is 5.23. The van der Waals surface area contributed by atoms with Crippen molar-refractivity contribution in [1.82, 2.24) is 9.88 Å². The number of nitrogens with zero attached hydrogens (tertiary/aromatic N) is 2. The summed E-state index contributed by atoms with van der Waals surface area (Å²) in [4.78, 5) is 7.80. The van der Waals surface area contributed by atoms with Crippen molar-refractivity contribution in [3.63, 3.8) is 0 Å². The summed E-state index contributed by atoms with van der Waals surface area (Å²) >= 11 is 1.73. The SMILES string of the molecule is COc1ccnc(CN(CCO)Cc2cccs2)c1. The van der Waals surface area contributed by atoms with Gasteiger partial charge in [-0.3, -0.25) is 9.88 Å². The van der Waals surface area contributed by atoms with E-state index in [2.05, 4.69) is 21.3 Å². The number of rotatable bonds is 7. The standard InChI is InChI=1S/C14H18N2O2S/c1-18-13-4-5-15-12(9-13)10-16(6-7-17)11-14-3-2-8-19-14/h2-5,8-9,17H,6-7,10-11H2,1H3. The molecule has 0 atom stereocenters. The lowest BCUT2D eigenvalue weighted by atomic mass is 10.3. The summed E-state index contributed by atoms with van der Waals surface area (Å²) in [6, 6.07) is 7.91. The van der Waals surface area contributed by atoms with Crippen LogP contribution in [0.1, 0.15) is 10.6 Å². The number of aromatic nitrogens is 1. The predicted octanol–water partition coefficient (Wildman–Crippen LogP) is 2.15. The van der Waals surface area contributed by atoms with Crippen molar-refractivity contribution in [2.24, 2.45) is 0 Å². The molecule has 0 unspecified atom stereocenters. The molecular formula is C14H18N2O2S. The molecule has 0 aliphatic heterocycles. The van der Waals surface area contributed by atoms with Crippen LogP contribution in [0.15, 0.2) is 35.8 Å². The van der Waals surface area contributed by atoms with E-state index in [1.165, 1.54) is 4.88 Å². The average molecular weight is 278 g/mol. The van der Waals surface area contributed by atoms with Gasteiger partial charge in [-0.05, 0) is 17.5 Å². The fourth-order valence-electron chi connectivity index (χ4n) is 1.88. The molecule has 0 bridgehead atoms. The normalized spacial score (nSPS) is 10.9. The van der Waals surface area contributed by atoms with Gasteiger partial charge in [0.1, 0.15) is 5.75 Å². The highest BCUT2D eigenvalue weighted by Gasteiger charge is 2.08. The molecule has 0 amide bonds. The van der Waals surface area contributed by atoms with Crippen molar-refractivity contribution in [1.29, 1.82) is 0 Å². The van der Waals surface area contributed by atoms with Crippen LogP contribution in [0.4, 0.5) is 0 Å². The molecule has 2 aromatic rings. The Kier molecular flexibility index (Phi) is 5.32. The van der Waals surface area contributed by atoms with Gasteiger partial charge in [-0.1, -0.05) is 6.07 Å². The summed E-state index contributed by atoms with van der Waals surface area (Å²) in [7, 11) is 1.65. The lowest BCUT2D eigenvalue weighted by Gasteiger charge is -2.20. The highest BCUT2D eigenvalue weighted by atomic mass is 32.1. The minimum atomic E-state index is 0.148. The van der Waals surface area contributed by atoms with E-state index in [1.807, 2.05) is 18.2 Å². The Morgan fingerprint density at radius 3 is 2.95 bits per heavy atom. The molecular weight excluding hydrogens is 260 g/mol. The van der Waals surface area contributed by atoms with Crippen molar-refractivity contribution in [3.05, 3.63) is 46.4 Å². The maximum atomic E-state index is 9.16. The second-order valence-electron chi connectivity index (χ2n) is 4.20. The zero-order valence-corrected chi connectivity index (χ0v) is 11.8. The first kappa shape index (κ1) is 14.0. The van der Waals surface area contributed by atoms with E-state index >= 15 is 0 Å². The Labute approximate surface area is 117 Å². The first-order valence-corrected chi connectivity index (χ1v) is 7.04. The maximum Gasteiger partial charge on any atom is 0.122 e. The van der Waals surface area contributed by atoms with Crippen LogP contribution >= 0.6 is 11.3 Å². The fraction of sp³-hybridized carbons (Fsp3) is 0.357. The predicted molar refractivity (Wildman–Crippen MR) is 76.3 cm³/mol. The molecule has 0 aliphatic rings. The molecule has 0 aliphatic carbocycles. The van der Waals surface area contributed by atoms with Crippen molar-refractivity contribution in [3.8, 4) is 5.75 Å². The quantitative estimate of drug-likeness (QED) is 0.843. The van der Waals surface area contributed by atoms with Crippen LogP contribution in [0.5, 0.6) is 5.75 Å². The van der Waals surface area contributed by atoms with E-state index in [0.717, 1.165) is 18.0 Å². The summed E-state index contributed by atoms with van der Waals surface area (Å²) in [6.45, 7) is 2.32. The van der Waals surface area contributed by atoms with E-state index in [0.29, 0.717) is 13.1 Å². The number of ether oxygens (including phenoxy) is 1. The molecule has 2 aromatic heterocycles. The van der Waals surface area contributed by atoms with Crippen LogP contribution in [0.2, 0.25) is 0 Å². The summed E-state index contributed by atoms with van der Waals surface area (Å²) < 4.78 is 5.20. The molecule has 2 rings (SSSR count). The van der Waals surface area contributed by atoms with Gasteiger partial charge in [-0.2, -0.15) is 0 Å². The third-order valence-corrected chi connectivity index (χ3v) is 3.65. The Morgan fingerprint density at radius 1 is 1.37 bits per heavy atom. The summed E-state index contributed by atoms with van der Waals surface area (Å²) in [5.41, 5.74) is 0.948. The number of aliphatic hydroxyl groups excluding tert-OH is 1. The van der Waals surface area contributed by atoms with E-state index in [1.54, 1.807) is 24.6 Å². The minimum Gasteiger partial charge on any atom is -0.497 e. The topological polar surface area (TPSA) is 45.6 Å². The van der Waals surface area contributed by atoms with Crippen LogP contribution in [-0.4, -0.2) is 35.3 Å². The molecule has 4 nitrogen and oxygen atoms in total. The van der Waals surface area contributed by atoms with E-state index in [-0.39, 0.29) is 6.61 Å². The molecule has 102 valence electrons. The third-order valence-electron chi connectivity index (χ3n) is 2.79. The Morgan fingerprint density at radius 2 is 2.26 bits per heavy atom. The molecule has 1 N–H and O–H groups in total. The molecule has 0 spiro atoms. The lowest BCUT2D eigenvalue weighted by Crippen LogP contribution is -2.26. The highest BCUT2D eigenvalue weighted by molar-refractivity contribution is 7.09. The Hall–Kier alpha value is -1.43. The molecule has 0 saturated heterocycles. The second kappa shape index (κ2) is 7.23. The molecule has 0 fully saturated rings. The van der Waals surface area contributed by atoms with Crippen LogP contribution in [-0.2, 0) is 13.1 Å². The van der Waals surface area contributed by atoms with E-state index < -0.39 is 0 Å². The third kappa shape index (κ3) is 4.31. The molecule has 0 radical (unpaired) electrons. The van der Waals surface area contributed by atoms with Crippen LogP contribution in [0, 0.1) is 0 Å². The van der Waals surface area contributed by atoms with Crippen LogP contribution in [0.25, 0.3) is 0 Å². The fourth-order valence-corrected chi connectivity index (χ4v) is 2.62. The van der Waals surface area contributed by atoms with E-state index in [4.69, 9.17) is 9.84 Å². The number of methoxy groups -OCH3 is 1. The van der Waals surface area contributed by atoms with Gasteiger partial charge in [0.15, 0.2) is 0 Å². The number of pyridine rings is 1. The van der Waals surface area contributed by atoms with Crippen LogP contribution in [0.3, 0.4) is 0 Å². The Balaban J connectivity index is 2.02. The van der Waals surface area contributed by atoms with Gasteiger partial charge in [-0.15, -0.1) is 11.3 Å². The first-order valence-electron chi connectivity index (χ1n) is 6.16. The number of thiophene rings is 1. The zero-order valence-electron chi connectivity index (χ0n) is 11.0. The molecule has 0 aromatic carbocycles. The van der Waals surface area contributed by atoms with Crippen molar-refractivity contribution in [2.45, 2.75) is 13.1 Å². The van der Waals surface area contributed by atoms with Gasteiger partial charge in [0.2, 0.25) is 0 Å². The number of hydrogen-bond acceptors (Lipinski definition) is 5. The van der Waals surface area contributed by atoms with Crippen molar-refractivity contribution >= 4 is 11.3 Å². The maximum absolute atomic E-state index is 9.16. The zero-order chi connectivity index (χ0) is 13.5. The van der Waals surface area contributed by atoms with Gasteiger partial charge in [-0.25, -0.2) is 0 Å². The highest BCUT2D eigenvalue weighted by Crippen LogP contribution is 2.15. The lowest BCUT2D eigenvalue weighted by molar-refractivity contribution is 0.184. The smallest absolute Gasteiger partial charge is 0.122 e. The number of hydrogen-bond donors (Lipinski definition) is 1. The van der Waals surface area contributed by atoms with Gasteiger partial charge in [0, 0.05) is 36.8 Å². The molecule has 0 saturated carbocycles. The largest absolute Gasteiger partial charge is 0.497 e. The molecule has 2 heterocycles. The molecule has 19 heavy (non-hydrogen) atoms. The Bertz CT molecular complexity index is 488. The summed E-state index contributed by atoms with van der Waals surface area (Å²) in [5, 5.41) is 11.2. The first-order chi connectivity index (χ1) is 9.31. The summed E-state index contributed by atoms with van der Waals surface area (Å²) in [6.07, 6.45) is 1.75. The van der Waals surface area contributed by atoms with Gasteiger partial charge in [0.25, 0.3) is 0 Å². The average Bonchev–Trinajstić information content (AvgIpc) is 2.92. The van der Waals surface area contributed by atoms with E-state index in [9.17, 15) is 0 Å². The number of aliphatic hydroxyl groups is 1. The van der Waals surface area contributed by atoms with Gasteiger partial charge >= 0.3 is 0 Å². The van der Waals surface area contributed by atoms with Crippen molar-refractivity contribution < 1.29 is 9.84 Å². The summed E-state index contributed by atoms with van der Waals surface area (Å²) in [5.74, 6) is 0.810. The van der Waals surface area contributed by atoms with Crippen molar-refractivity contribution in [2.75, 3.05) is 20.3 Å². The molecule has 5 heteroatoms. The van der Waals surface area contributed by atoms with Gasteiger partial charge in [0.05, 0.1) is 19.4 Å². The van der Waals surface area contributed by atoms with Gasteiger partial charge < -0.3 is 9.84 Å².